The zero-order valence-corrected chi connectivity index (χ0v) is 14.2. The molecule has 0 atom stereocenters. The number of aryl methyl sites for hydroxylation is 1. The molecule has 0 heterocycles. The van der Waals surface area contributed by atoms with E-state index in [0.29, 0.717) is 22.7 Å². The summed E-state index contributed by atoms with van der Waals surface area (Å²) in [6.45, 7) is 2.02. The van der Waals surface area contributed by atoms with E-state index in [2.05, 4.69) is 5.32 Å². The number of rotatable bonds is 5. The molecule has 0 saturated carbocycles. The molecule has 0 aromatic heterocycles. The number of nitrogens with one attached hydrogen (secondary N) is 1. The molecule has 0 bridgehead atoms. The number of carbonyl (C=O) groups excluding carboxylic acids is 1. The summed E-state index contributed by atoms with van der Waals surface area (Å²) in [4.78, 5) is 12.3. The van der Waals surface area contributed by atoms with Gasteiger partial charge in [0.1, 0.15) is 17.2 Å². The normalized spacial score (nSPS) is 10.2. The minimum absolute atomic E-state index is 0.189. The second-order valence-corrected chi connectivity index (χ2v) is 5.63. The zero-order chi connectivity index (χ0) is 17.6. The van der Waals surface area contributed by atoms with E-state index in [1.165, 1.54) is 0 Å². The van der Waals surface area contributed by atoms with Gasteiger partial charge in [-0.25, -0.2) is 0 Å². The maximum Gasteiger partial charge on any atom is 0.255 e. The van der Waals surface area contributed by atoms with Gasteiger partial charge in [0, 0.05) is 11.3 Å². The van der Waals surface area contributed by atoms with Crippen LogP contribution in [0.4, 0.5) is 5.69 Å². The second-order valence-electron chi connectivity index (χ2n) is 5.63. The van der Waals surface area contributed by atoms with E-state index < -0.39 is 0 Å². The molecule has 0 aliphatic rings. The number of carbonyl (C=O) groups is 1. The van der Waals surface area contributed by atoms with Crippen LogP contribution in [0.3, 0.4) is 0 Å². The lowest BCUT2D eigenvalue weighted by Crippen LogP contribution is -2.11. The first-order valence-corrected chi connectivity index (χ1v) is 7.94. The van der Waals surface area contributed by atoms with Crippen molar-refractivity contribution >= 4 is 11.6 Å². The summed E-state index contributed by atoms with van der Waals surface area (Å²) in [5.41, 5.74) is 2.38. The quantitative estimate of drug-likeness (QED) is 0.711. The van der Waals surface area contributed by atoms with Gasteiger partial charge >= 0.3 is 0 Å². The van der Waals surface area contributed by atoms with Gasteiger partial charge in [-0.3, -0.25) is 4.79 Å². The van der Waals surface area contributed by atoms with Gasteiger partial charge in [-0.2, -0.15) is 0 Å². The maximum atomic E-state index is 12.3. The fourth-order valence-corrected chi connectivity index (χ4v) is 2.39. The van der Waals surface area contributed by atoms with Crippen molar-refractivity contribution in [2.75, 3.05) is 12.4 Å². The Bertz CT molecular complexity index is 872. The standard InChI is InChI=1S/C21H19NO3/c1-15-5-3-8-20(13-15)25-18-11-9-17(10-12-18)22-21(23)16-6-4-7-19(14-16)24-2/h3-14H,1-2H3,(H,22,23). The van der Waals surface area contributed by atoms with Crippen LogP contribution in [-0.2, 0) is 0 Å². The van der Waals surface area contributed by atoms with Crippen LogP contribution >= 0.6 is 0 Å². The van der Waals surface area contributed by atoms with E-state index >= 15 is 0 Å². The summed E-state index contributed by atoms with van der Waals surface area (Å²) in [5.74, 6) is 1.96. The Hall–Kier alpha value is -3.27. The van der Waals surface area contributed by atoms with E-state index in [1.54, 1.807) is 31.4 Å². The second kappa shape index (κ2) is 7.53. The van der Waals surface area contributed by atoms with Gasteiger partial charge < -0.3 is 14.8 Å². The van der Waals surface area contributed by atoms with Crippen LogP contribution in [0.2, 0.25) is 0 Å². The van der Waals surface area contributed by atoms with Crippen molar-refractivity contribution in [1.29, 1.82) is 0 Å². The summed E-state index contributed by atoms with van der Waals surface area (Å²) in [6, 6.07) is 22.1. The Balaban J connectivity index is 1.66. The molecule has 0 radical (unpaired) electrons. The Morgan fingerprint density at radius 3 is 2.28 bits per heavy atom. The molecule has 0 aliphatic heterocycles. The van der Waals surface area contributed by atoms with Crippen LogP contribution in [0, 0.1) is 6.92 Å². The average Bonchev–Trinajstić information content (AvgIpc) is 2.63. The van der Waals surface area contributed by atoms with Gasteiger partial charge in [0.25, 0.3) is 5.91 Å². The van der Waals surface area contributed by atoms with E-state index in [0.717, 1.165) is 11.3 Å². The molecule has 0 aliphatic carbocycles. The molecule has 3 aromatic rings. The number of anilines is 1. The van der Waals surface area contributed by atoms with Crippen molar-refractivity contribution in [3.63, 3.8) is 0 Å². The first kappa shape index (κ1) is 16.6. The van der Waals surface area contributed by atoms with Crippen LogP contribution in [-0.4, -0.2) is 13.0 Å². The van der Waals surface area contributed by atoms with Crippen molar-refractivity contribution in [3.8, 4) is 17.2 Å². The molecule has 126 valence electrons. The van der Waals surface area contributed by atoms with E-state index in [9.17, 15) is 4.79 Å². The third-order valence-corrected chi connectivity index (χ3v) is 3.67. The molecule has 0 spiro atoms. The van der Waals surface area contributed by atoms with Crippen molar-refractivity contribution in [3.05, 3.63) is 83.9 Å². The molecule has 3 aromatic carbocycles. The third-order valence-electron chi connectivity index (χ3n) is 3.67. The van der Waals surface area contributed by atoms with E-state index in [1.807, 2.05) is 55.5 Å². The fourth-order valence-electron chi connectivity index (χ4n) is 2.39. The lowest BCUT2D eigenvalue weighted by Gasteiger charge is -2.09. The van der Waals surface area contributed by atoms with Crippen LogP contribution in [0.25, 0.3) is 0 Å². The van der Waals surface area contributed by atoms with Gasteiger partial charge in [-0.15, -0.1) is 0 Å². The summed E-state index contributed by atoms with van der Waals surface area (Å²) in [6.07, 6.45) is 0. The SMILES string of the molecule is COc1cccc(C(=O)Nc2ccc(Oc3cccc(C)c3)cc2)c1. The van der Waals surface area contributed by atoms with E-state index in [-0.39, 0.29) is 5.91 Å². The molecule has 0 fully saturated rings. The first-order valence-electron chi connectivity index (χ1n) is 7.94. The van der Waals surface area contributed by atoms with Gasteiger partial charge in [0.15, 0.2) is 0 Å². The minimum Gasteiger partial charge on any atom is -0.497 e. The highest BCUT2D eigenvalue weighted by Crippen LogP contribution is 2.24. The van der Waals surface area contributed by atoms with Gasteiger partial charge in [-0.05, 0) is 67.1 Å². The van der Waals surface area contributed by atoms with Crippen LogP contribution in [0.15, 0.2) is 72.8 Å². The number of ether oxygens (including phenoxy) is 2. The molecular formula is C21H19NO3. The minimum atomic E-state index is -0.189. The van der Waals surface area contributed by atoms with Crippen molar-refractivity contribution in [2.24, 2.45) is 0 Å². The highest BCUT2D eigenvalue weighted by Gasteiger charge is 2.07. The largest absolute Gasteiger partial charge is 0.497 e. The topological polar surface area (TPSA) is 47.6 Å². The molecular weight excluding hydrogens is 314 g/mol. The van der Waals surface area contributed by atoms with Crippen molar-refractivity contribution in [1.82, 2.24) is 0 Å². The average molecular weight is 333 g/mol. The Morgan fingerprint density at radius 2 is 1.56 bits per heavy atom. The van der Waals surface area contributed by atoms with Crippen molar-refractivity contribution in [2.45, 2.75) is 6.92 Å². The summed E-state index contributed by atoms with van der Waals surface area (Å²) < 4.78 is 10.9. The molecule has 0 saturated heterocycles. The molecule has 4 heteroatoms. The van der Waals surface area contributed by atoms with Crippen LogP contribution in [0.5, 0.6) is 17.2 Å². The molecule has 1 N–H and O–H groups in total. The van der Waals surface area contributed by atoms with Gasteiger partial charge in [0.05, 0.1) is 7.11 Å². The Morgan fingerprint density at radius 1 is 0.840 bits per heavy atom. The fraction of sp³-hybridized carbons (Fsp3) is 0.0952. The predicted molar refractivity (Wildman–Crippen MR) is 98.6 cm³/mol. The first-order chi connectivity index (χ1) is 12.1. The zero-order valence-electron chi connectivity index (χ0n) is 14.2. The van der Waals surface area contributed by atoms with Gasteiger partial charge in [-0.1, -0.05) is 18.2 Å². The van der Waals surface area contributed by atoms with Crippen molar-refractivity contribution < 1.29 is 14.3 Å². The summed E-state index contributed by atoms with van der Waals surface area (Å²) in [7, 11) is 1.57. The Labute approximate surface area is 147 Å². The molecule has 0 unspecified atom stereocenters. The molecule has 1 amide bonds. The molecule has 4 nitrogen and oxygen atoms in total. The smallest absolute Gasteiger partial charge is 0.255 e. The monoisotopic (exact) mass is 333 g/mol. The summed E-state index contributed by atoms with van der Waals surface area (Å²) in [5, 5.41) is 2.86. The van der Waals surface area contributed by atoms with Crippen LogP contribution in [0.1, 0.15) is 15.9 Å². The Kier molecular flexibility index (Phi) is 5.00. The predicted octanol–water partition coefficient (Wildman–Crippen LogP) is 5.05. The summed E-state index contributed by atoms with van der Waals surface area (Å²) >= 11 is 0. The molecule has 3 rings (SSSR count). The highest BCUT2D eigenvalue weighted by molar-refractivity contribution is 6.04. The number of hydrogen-bond donors (Lipinski definition) is 1. The van der Waals surface area contributed by atoms with Crippen LogP contribution < -0.4 is 14.8 Å². The number of methoxy groups -OCH3 is 1. The number of benzene rings is 3. The lowest BCUT2D eigenvalue weighted by molar-refractivity contribution is 0.102. The van der Waals surface area contributed by atoms with E-state index in [4.69, 9.17) is 9.47 Å². The highest BCUT2D eigenvalue weighted by atomic mass is 16.5. The number of hydrogen-bond acceptors (Lipinski definition) is 3. The third kappa shape index (κ3) is 4.38. The lowest BCUT2D eigenvalue weighted by atomic mass is 10.2. The number of amides is 1. The molecule has 25 heavy (non-hydrogen) atoms. The van der Waals surface area contributed by atoms with Gasteiger partial charge in [0.2, 0.25) is 0 Å². The maximum absolute atomic E-state index is 12.3.